The number of aliphatic hydroxyl groups is 1. The molecule has 3 N–H and O–H groups in total. The molecule has 1 aromatic carbocycles. The van der Waals surface area contributed by atoms with Crippen LogP contribution in [0.2, 0.25) is 0 Å². The van der Waals surface area contributed by atoms with Gasteiger partial charge in [-0.15, -0.1) is 0 Å². The van der Waals surface area contributed by atoms with E-state index in [9.17, 15) is 17.9 Å². The molecule has 0 aliphatic carbocycles. The van der Waals surface area contributed by atoms with Crippen LogP contribution in [-0.4, -0.2) is 33.4 Å². The third-order valence-electron chi connectivity index (χ3n) is 2.27. The molecule has 96 valence electrons. The Morgan fingerprint density at radius 3 is 2.53 bits per heavy atom. The molecule has 5 nitrogen and oxygen atoms in total. The van der Waals surface area contributed by atoms with Gasteiger partial charge in [-0.25, -0.2) is 12.8 Å². The zero-order valence-corrected chi connectivity index (χ0v) is 10.3. The number of nitrogens with two attached hydrogens (primary N) is 1. The van der Waals surface area contributed by atoms with Crippen molar-refractivity contribution in [2.75, 3.05) is 19.9 Å². The molecule has 0 fully saturated rings. The van der Waals surface area contributed by atoms with Gasteiger partial charge in [-0.2, -0.15) is 0 Å². The van der Waals surface area contributed by atoms with Gasteiger partial charge in [0.25, 0.3) is 0 Å². The van der Waals surface area contributed by atoms with Crippen molar-refractivity contribution in [2.24, 2.45) is 5.73 Å². The number of benzene rings is 1. The van der Waals surface area contributed by atoms with Crippen molar-refractivity contribution < 1.29 is 22.7 Å². The topological polar surface area (TPSA) is 89.6 Å². The van der Waals surface area contributed by atoms with Crippen LogP contribution in [0.1, 0.15) is 11.7 Å². The van der Waals surface area contributed by atoms with Crippen molar-refractivity contribution in [3.63, 3.8) is 0 Å². The van der Waals surface area contributed by atoms with Gasteiger partial charge in [0, 0.05) is 24.4 Å². The number of halogens is 1. The average Bonchev–Trinajstić information content (AvgIpc) is 2.26. The zero-order valence-electron chi connectivity index (χ0n) is 9.47. The highest BCUT2D eigenvalue weighted by Crippen LogP contribution is 2.29. The van der Waals surface area contributed by atoms with E-state index in [4.69, 9.17) is 10.5 Å². The van der Waals surface area contributed by atoms with E-state index in [1.54, 1.807) is 0 Å². The van der Waals surface area contributed by atoms with E-state index >= 15 is 0 Å². The molecule has 0 aliphatic rings. The van der Waals surface area contributed by atoms with Crippen LogP contribution < -0.4 is 10.5 Å². The molecular formula is C10H14FNO4S. The van der Waals surface area contributed by atoms with E-state index in [1.807, 2.05) is 0 Å². The standard InChI is InChI=1S/C10H14FNO4S/c1-16-9-4-10(17(2,14)15)7(11)3-6(9)8(13)5-12/h3-4,8,13H,5,12H2,1-2H3. The Bertz CT molecular complexity index is 515. The molecule has 1 unspecified atom stereocenters. The summed E-state index contributed by atoms with van der Waals surface area (Å²) in [5, 5.41) is 9.54. The fraction of sp³-hybridized carbons (Fsp3) is 0.400. The van der Waals surface area contributed by atoms with Gasteiger partial charge in [0.2, 0.25) is 0 Å². The number of rotatable bonds is 4. The number of methoxy groups -OCH3 is 1. The summed E-state index contributed by atoms with van der Waals surface area (Å²) in [6, 6.07) is 1.96. The quantitative estimate of drug-likeness (QED) is 0.811. The smallest absolute Gasteiger partial charge is 0.178 e. The van der Waals surface area contributed by atoms with E-state index in [0.29, 0.717) is 0 Å². The Labute approximate surface area is 98.9 Å². The van der Waals surface area contributed by atoms with Crippen LogP contribution in [0, 0.1) is 5.82 Å². The lowest BCUT2D eigenvalue weighted by Gasteiger charge is -2.14. The van der Waals surface area contributed by atoms with Crippen LogP contribution in [0.5, 0.6) is 5.75 Å². The van der Waals surface area contributed by atoms with Gasteiger partial charge in [-0.1, -0.05) is 0 Å². The van der Waals surface area contributed by atoms with Gasteiger partial charge in [-0.3, -0.25) is 0 Å². The number of ether oxygens (including phenoxy) is 1. The van der Waals surface area contributed by atoms with Crippen LogP contribution >= 0.6 is 0 Å². The van der Waals surface area contributed by atoms with E-state index in [1.165, 1.54) is 7.11 Å². The van der Waals surface area contributed by atoms with Crippen LogP contribution in [-0.2, 0) is 9.84 Å². The maximum absolute atomic E-state index is 13.6. The van der Waals surface area contributed by atoms with Gasteiger partial charge in [0.1, 0.15) is 16.5 Å². The Hall–Kier alpha value is -1.18. The van der Waals surface area contributed by atoms with Gasteiger partial charge < -0.3 is 15.6 Å². The first-order chi connectivity index (χ1) is 7.81. The van der Waals surface area contributed by atoms with Crippen molar-refractivity contribution in [1.29, 1.82) is 0 Å². The second-order valence-corrected chi connectivity index (χ2v) is 5.53. The molecule has 0 saturated carbocycles. The van der Waals surface area contributed by atoms with Crippen molar-refractivity contribution in [2.45, 2.75) is 11.0 Å². The number of hydrogen-bond acceptors (Lipinski definition) is 5. The minimum atomic E-state index is -3.68. The molecule has 0 spiro atoms. The first-order valence-electron chi connectivity index (χ1n) is 4.77. The van der Waals surface area contributed by atoms with Crippen molar-refractivity contribution in [3.8, 4) is 5.75 Å². The Balaban J connectivity index is 3.45. The highest BCUT2D eigenvalue weighted by atomic mass is 32.2. The minimum Gasteiger partial charge on any atom is -0.496 e. The van der Waals surface area contributed by atoms with E-state index in [2.05, 4.69) is 0 Å². The normalized spacial score (nSPS) is 13.5. The maximum atomic E-state index is 13.6. The summed E-state index contributed by atoms with van der Waals surface area (Å²) in [5.41, 5.74) is 5.38. The largest absolute Gasteiger partial charge is 0.496 e. The van der Waals surface area contributed by atoms with E-state index in [-0.39, 0.29) is 17.9 Å². The lowest BCUT2D eigenvalue weighted by Crippen LogP contribution is -2.14. The zero-order chi connectivity index (χ0) is 13.2. The molecule has 0 radical (unpaired) electrons. The lowest BCUT2D eigenvalue weighted by molar-refractivity contribution is 0.181. The maximum Gasteiger partial charge on any atom is 0.178 e. The first-order valence-corrected chi connectivity index (χ1v) is 6.66. The number of sulfone groups is 1. The van der Waals surface area contributed by atoms with Crippen LogP contribution in [0.15, 0.2) is 17.0 Å². The van der Waals surface area contributed by atoms with E-state index < -0.39 is 26.7 Å². The van der Waals surface area contributed by atoms with Crippen LogP contribution in [0.25, 0.3) is 0 Å². The molecule has 17 heavy (non-hydrogen) atoms. The van der Waals surface area contributed by atoms with Gasteiger partial charge in [0.05, 0.1) is 13.2 Å². The Morgan fingerprint density at radius 2 is 2.12 bits per heavy atom. The first kappa shape index (κ1) is 13.9. The molecular weight excluding hydrogens is 249 g/mol. The predicted molar refractivity (Wildman–Crippen MR) is 60.1 cm³/mol. The predicted octanol–water partition coefficient (Wildman–Crippen LogP) is 0.230. The van der Waals surface area contributed by atoms with Crippen molar-refractivity contribution >= 4 is 9.84 Å². The molecule has 0 saturated heterocycles. The SMILES string of the molecule is COc1cc(S(C)(=O)=O)c(F)cc1C(O)CN. The summed E-state index contributed by atoms with van der Waals surface area (Å²) in [7, 11) is -2.39. The summed E-state index contributed by atoms with van der Waals surface area (Å²) in [5.74, 6) is -0.847. The monoisotopic (exact) mass is 263 g/mol. The van der Waals surface area contributed by atoms with Gasteiger partial charge >= 0.3 is 0 Å². The molecule has 0 heterocycles. The van der Waals surface area contributed by atoms with E-state index in [0.717, 1.165) is 18.4 Å². The fourth-order valence-electron chi connectivity index (χ4n) is 1.40. The minimum absolute atomic E-state index is 0.0878. The second-order valence-electron chi connectivity index (χ2n) is 3.55. The molecule has 7 heteroatoms. The second kappa shape index (κ2) is 4.99. The number of aliphatic hydroxyl groups excluding tert-OH is 1. The van der Waals surface area contributed by atoms with Crippen LogP contribution in [0.4, 0.5) is 4.39 Å². The highest BCUT2D eigenvalue weighted by molar-refractivity contribution is 7.90. The van der Waals surface area contributed by atoms with Crippen molar-refractivity contribution in [1.82, 2.24) is 0 Å². The third kappa shape index (κ3) is 2.93. The number of hydrogen-bond donors (Lipinski definition) is 2. The molecule has 1 aromatic rings. The Kier molecular flexibility index (Phi) is 4.07. The summed E-state index contributed by atoms with van der Waals surface area (Å²) < 4.78 is 41.1. The molecule has 1 atom stereocenters. The summed E-state index contributed by atoms with van der Waals surface area (Å²) in [6.07, 6.45) is -0.211. The molecule has 0 aliphatic heterocycles. The lowest BCUT2D eigenvalue weighted by atomic mass is 10.1. The average molecular weight is 263 g/mol. The highest BCUT2D eigenvalue weighted by Gasteiger charge is 2.20. The molecule has 0 aromatic heterocycles. The Morgan fingerprint density at radius 1 is 1.53 bits per heavy atom. The van der Waals surface area contributed by atoms with Gasteiger partial charge in [0.15, 0.2) is 9.84 Å². The third-order valence-corrected chi connectivity index (χ3v) is 3.38. The van der Waals surface area contributed by atoms with Crippen LogP contribution in [0.3, 0.4) is 0 Å². The van der Waals surface area contributed by atoms with Gasteiger partial charge in [-0.05, 0) is 6.07 Å². The molecule has 0 bridgehead atoms. The molecule has 1 rings (SSSR count). The molecule has 0 amide bonds. The summed E-state index contributed by atoms with van der Waals surface area (Å²) in [6.45, 7) is -0.117. The van der Waals surface area contributed by atoms with Crippen molar-refractivity contribution in [3.05, 3.63) is 23.5 Å². The summed E-state index contributed by atoms with van der Waals surface area (Å²) >= 11 is 0. The fourth-order valence-corrected chi connectivity index (χ4v) is 2.13. The summed E-state index contributed by atoms with van der Waals surface area (Å²) in [4.78, 5) is -0.470.